The number of nitrogens with one attached hydrogen (secondary N) is 1. The second kappa shape index (κ2) is 52.2. The van der Waals surface area contributed by atoms with Gasteiger partial charge in [-0.2, -0.15) is 0 Å². The molecule has 0 aromatic heterocycles. The Bertz CT molecular complexity index is 871. The second-order valence-electron chi connectivity index (χ2n) is 19.0. The van der Waals surface area contributed by atoms with Crippen molar-refractivity contribution in [3.05, 3.63) is 24.3 Å². The van der Waals surface area contributed by atoms with Crippen molar-refractivity contribution >= 4 is 5.91 Å². The molecule has 60 heavy (non-hydrogen) atoms. The molecule has 3 N–H and O–H groups in total. The summed E-state index contributed by atoms with van der Waals surface area (Å²) in [5.41, 5.74) is 0. The minimum absolute atomic E-state index is 0.0611. The first-order chi connectivity index (χ1) is 29.7. The molecule has 0 radical (unpaired) electrons. The summed E-state index contributed by atoms with van der Waals surface area (Å²) in [4.78, 5) is 12.5. The number of hydrogen-bond donors (Lipinski definition) is 3. The molecule has 4 nitrogen and oxygen atoms in total. The lowest BCUT2D eigenvalue weighted by Crippen LogP contribution is -2.45. The fourth-order valence-electron chi connectivity index (χ4n) is 8.71. The van der Waals surface area contributed by atoms with Crippen LogP contribution in [0.1, 0.15) is 309 Å². The lowest BCUT2D eigenvalue weighted by atomic mass is 10.0. The number of amides is 1. The Morgan fingerprint density at radius 1 is 0.383 bits per heavy atom. The topological polar surface area (TPSA) is 69.6 Å². The van der Waals surface area contributed by atoms with E-state index in [9.17, 15) is 15.0 Å². The summed E-state index contributed by atoms with van der Waals surface area (Å²) in [5.74, 6) is -0.0611. The molecule has 2 atom stereocenters. The van der Waals surface area contributed by atoms with Crippen LogP contribution in [-0.2, 0) is 4.79 Å². The summed E-state index contributed by atoms with van der Waals surface area (Å²) in [6.07, 6.45) is 69.0. The van der Waals surface area contributed by atoms with Gasteiger partial charge in [0.2, 0.25) is 5.91 Å². The molecule has 0 aliphatic rings. The Morgan fingerprint density at radius 2 is 0.633 bits per heavy atom. The van der Waals surface area contributed by atoms with Gasteiger partial charge in [-0.1, -0.05) is 282 Å². The predicted molar refractivity (Wildman–Crippen MR) is 267 cm³/mol. The van der Waals surface area contributed by atoms with Crippen molar-refractivity contribution in [1.29, 1.82) is 0 Å². The number of aliphatic hydroxyl groups excluding tert-OH is 2. The van der Waals surface area contributed by atoms with Crippen LogP contribution in [0.3, 0.4) is 0 Å². The van der Waals surface area contributed by atoms with E-state index in [2.05, 4.69) is 31.3 Å². The van der Waals surface area contributed by atoms with Gasteiger partial charge in [0.05, 0.1) is 18.8 Å². The van der Waals surface area contributed by atoms with Gasteiger partial charge in [0.25, 0.3) is 0 Å². The quantitative estimate of drug-likeness (QED) is 0.0422. The van der Waals surface area contributed by atoms with Crippen LogP contribution in [0.25, 0.3) is 0 Å². The average molecular weight is 844 g/mol. The van der Waals surface area contributed by atoms with E-state index in [0.717, 1.165) is 25.7 Å². The molecule has 2 unspecified atom stereocenters. The van der Waals surface area contributed by atoms with Crippen LogP contribution in [0.2, 0.25) is 0 Å². The largest absolute Gasteiger partial charge is 0.394 e. The summed E-state index contributed by atoms with van der Waals surface area (Å²) < 4.78 is 0. The molecule has 0 aliphatic heterocycles. The standard InChI is InChI=1S/C56H109NO3/c1-3-5-7-9-11-13-15-17-19-21-23-25-27-28-30-32-34-36-38-40-42-44-46-48-50-52-56(60)57-54(53-58)55(59)51-49-47-45-43-41-39-37-35-33-31-29-26-24-22-20-18-16-14-12-10-8-6-4-2/h28,30,49,51,54-55,58-59H,3-27,29,31-48,50,52-53H2,1-2H3,(H,57,60)/b30-28-,51-49+. The maximum atomic E-state index is 12.5. The Balaban J connectivity index is 3.49. The number of unbranched alkanes of at least 4 members (excludes halogenated alkanes) is 42. The zero-order chi connectivity index (χ0) is 43.5. The van der Waals surface area contributed by atoms with Crippen molar-refractivity contribution in [2.45, 2.75) is 321 Å². The van der Waals surface area contributed by atoms with Gasteiger partial charge in [-0.3, -0.25) is 4.79 Å². The van der Waals surface area contributed by atoms with E-state index in [4.69, 9.17) is 0 Å². The highest BCUT2D eigenvalue weighted by molar-refractivity contribution is 5.76. The molecule has 0 saturated heterocycles. The number of hydrogen-bond acceptors (Lipinski definition) is 3. The smallest absolute Gasteiger partial charge is 0.220 e. The van der Waals surface area contributed by atoms with Crippen LogP contribution < -0.4 is 5.32 Å². The second-order valence-corrected chi connectivity index (χ2v) is 19.0. The third-order valence-corrected chi connectivity index (χ3v) is 12.9. The minimum atomic E-state index is -0.839. The van der Waals surface area contributed by atoms with Gasteiger partial charge in [0, 0.05) is 6.42 Å². The molecule has 0 spiro atoms. The third-order valence-electron chi connectivity index (χ3n) is 12.9. The van der Waals surface area contributed by atoms with Crippen molar-refractivity contribution in [2.75, 3.05) is 6.61 Å². The maximum Gasteiger partial charge on any atom is 0.220 e. The third kappa shape index (κ3) is 47.9. The van der Waals surface area contributed by atoms with Crippen molar-refractivity contribution in [3.8, 4) is 0 Å². The molecule has 0 aliphatic carbocycles. The van der Waals surface area contributed by atoms with E-state index in [1.807, 2.05) is 6.08 Å². The van der Waals surface area contributed by atoms with Gasteiger partial charge in [-0.25, -0.2) is 0 Å². The molecule has 0 rings (SSSR count). The van der Waals surface area contributed by atoms with E-state index < -0.39 is 12.1 Å². The highest BCUT2D eigenvalue weighted by Crippen LogP contribution is 2.17. The van der Waals surface area contributed by atoms with E-state index in [1.54, 1.807) is 6.08 Å². The molecule has 0 aromatic carbocycles. The summed E-state index contributed by atoms with van der Waals surface area (Å²) in [6.45, 7) is 4.35. The Morgan fingerprint density at radius 3 is 0.917 bits per heavy atom. The Hall–Kier alpha value is -1.13. The highest BCUT2D eigenvalue weighted by atomic mass is 16.3. The molecule has 0 bridgehead atoms. The molecule has 0 saturated carbocycles. The Labute approximate surface area is 377 Å². The van der Waals surface area contributed by atoms with Gasteiger partial charge in [-0.15, -0.1) is 0 Å². The molecular formula is C56H109NO3. The average Bonchev–Trinajstić information content (AvgIpc) is 3.25. The number of rotatable bonds is 51. The van der Waals surface area contributed by atoms with Crippen LogP contribution >= 0.6 is 0 Å². The SMILES string of the molecule is CCCCCCCCCCCCCC/C=C\CCCCCCCCCCCC(=O)NC(CO)C(O)/C=C/CCCCCCCCCCCCCCCCCCCCCCC. The van der Waals surface area contributed by atoms with E-state index in [0.29, 0.717) is 6.42 Å². The summed E-state index contributed by atoms with van der Waals surface area (Å²) >= 11 is 0. The summed E-state index contributed by atoms with van der Waals surface area (Å²) in [7, 11) is 0. The molecule has 0 fully saturated rings. The van der Waals surface area contributed by atoms with E-state index in [-0.39, 0.29) is 12.5 Å². The fraction of sp³-hybridized carbons (Fsp3) is 0.911. The van der Waals surface area contributed by atoms with Gasteiger partial charge < -0.3 is 15.5 Å². The van der Waals surface area contributed by atoms with E-state index >= 15 is 0 Å². The highest BCUT2D eigenvalue weighted by Gasteiger charge is 2.18. The van der Waals surface area contributed by atoms with Gasteiger partial charge in [0.15, 0.2) is 0 Å². The molecule has 356 valence electrons. The molecule has 4 heteroatoms. The first-order valence-electron chi connectivity index (χ1n) is 27.6. The van der Waals surface area contributed by atoms with Crippen LogP contribution in [0.15, 0.2) is 24.3 Å². The molecule has 0 aromatic rings. The lowest BCUT2D eigenvalue weighted by Gasteiger charge is -2.20. The normalized spacial score (nSPS) is 12.9. The first kappa shape index (κ1) is 58.9. The van der Waals surface area contributed by atoms with Crippen molar-refractivity contribution in [1.82, 2.24) is 5.32 Å². The van der Waals surface area contributed by atoms with E-state index in [1.165, 1.54) is 263 Å². The number of carbonyl (C=O) groups is 1. The lowest BCUT2D eigenvalue weighted by molar-refractivity contribution is -0.123. The number of allylic oxidation sites excluding steroid dienone is 3. The summed E-state index contributed by atoms with van der Waals surface area (Å²) in [5, 5.41) is 23.2. The minimum Gasteiger partial charge on any atom is -0.394 e. The zero-order valence-corrected chi connectivity index (χ0v) is 41.0. The molecule has 1 amide bonds. The van der Waals surface area contributed by atoms with Crippen LogP contribution in [0.4, 0.5) is 0 Å². The Kier molecular flexibility index (Phi) is 51.2. The first-order valence-corrected chi connectivity index (χ1v) is 27.6. The zero-order valence-electron chi connectivity index (χ0n) is 41.0. The number of aliphatic hydroxyl groups is 2. The van der Waals surface area contributed by atoms with Crippen LogP contribution in [-0.4, -0.2) is 34.9 Å². The monoisotopic (exact) mass is 844 g/mol. The van der Waals surface area contributed by atoms with Gasteiger partial charge in [0.1, 0.15) is 0 Å². The fourth-order valence-corrected chi connectivity index (χ4v) is 8.71. The predicted octanol–water partition coefficient (Wildman–Crippen LogP) is 17.9. The van der Waals surface area contributed by atoms with Crippen molar-refractivity contribution < 1.29 is 15.0 Å². The molecule has 0 heterocycles. The van der Waals surface area contributed by atoms with Crippen LogP contribution in [0.5, 0.6) is 0 Å². The van der Waals surface area contributed by atoms with Gasteiger partial charge >= 0.3 is 0 Å². The van der Waals surface area contributed by atoms with Crippen LogP contribution in [0, 0.1) is 0 Å². The van der Waals surface area contributed by atoms with Gasteiger partial charge in [-0.05, 0) is 44.9 Å². The van der Waals surface area contributed by atoms with Crippen molar-refractivity contribution in [3.63, 3.8) is 0 Å². The summed E-state index contributed by atoms with van der Waals surface area (Å²) in [6, 6.07) is -0.622. The molecular weight excluding hydrogens is 735 g/mol. The maximum absolute atomic E-state index is 12.5. The number of carbonyl (C=O) groups excluding carboxylic acids is 1. The van der Waals surface area contributed by atoms with Crippen molar-refractivity contribution in [2.24, 2.45) is 0 Å².